The van der Waals surface area contributed by atoms with Gasteiger partial charge >= 0.3 is 0 Å². The fourth-order valence-electron chi connectivity index (χ4n) is 2.45. The topological polar surface area (TPSA) is 103 Å². The first-order chi connectivity index (χ1) is 12.9. The minimum Gasteiger partial charge on any atom is -0.368 e. The van der Waals surface area contributed by atoms with Crippen LogP contribution >= 0.6 is 11.8 Å². The highest BCUT2D eigenvalue weighted by molar-refractivity contribution is 8.00. The number of nitrogens with zero attached hydrogens (tertiary/aromatic N) is 3. The van der Waals surface area contributed by atoms with Crippen molar-refractivity contribution in [1.82, 2.24) is 14.8 Å². The van der Waals surface area contributed by atoms with Crippen LogP contribution in [0.5, 0.6) is 0 Å². The van der Waals surface area contributed by atoms with E-state index in [1.54, 1.807) is 22.8 Å². The minimum atomic E-state index is -0.757. The lowest BCUT2D eigenvalue weighted by Crippen LogP contribution is -2.19. The number of nitrogens with two attached hydrogens (primary N) is 1. The van der Waals surface area contributed by atoms with Crippen LogP contribution in [0.2, 0.25) is 0 Å². The lowest BCUT2D eigenvalue weighted by molar-refractivity contribution is -0.117. The van der Waals surface area contributed by atoms with Crippen molar-refractivity contribution in [3.63, 3.8) is 0 Å². The standard InChI is InChI=1S/C18H16FN5O2S/c1-11(25)22-14-3-2-4-15(9-14)24-10-21-23-18(24)27-16(17(20)26)12-5-7-13(19)8-6-12/h2-10,16H,1H3,(H2,20,26)(H,22,25)/t16-/m0/s1. The summed E-state index contributed by atoms with van der Waals surface area (Å²) in [7, 11) is 0. The first-order valence-corrected chi connectivity index (χ1v) is 8.81. The number of amides is 2. The van der Waals surface area contributed by atoms with E-state index >= 15 is 0 Å². The van der Waals surface area contributed by atoms with Crippen LogP contribution in [0.3, 0.4) is 0 Å². The Balaban J connectivity index is 1.91. The Morgan fingerprint density at radius 3 is 2.63 bits per heavy atom. The van der Waals surface area contributed by atoms with E-state index in [-0.39, 0.29) is 5.91 Å². The van der Waals surface area contributed by atoms with Gasteiger partial charge < -0.3 is 11.1 Å². The second-order valence-corrected chi connectivity index (χ2v) is 6.74. The molecule has 0 radical (unpaired) electrons. The van der Waals surface area contributed by atoms with Gasteiger partial charge in [0.25, 0.3) is 0 Å². The number of hydrogen-bond donors (Lipinski definition) is 2. The first kappa shape index (κ1) is 18.6. The predicted molar refractivity (Wildman–Crippen MR) is 99.9 cm³/mol. The van der Waals surface area contributed by atoms with Gasteiger partial charge in [-0.15, -0.1) is 10.2 Å². The molecule has 3 N–H and O–H groups in total. The average Bonchev–Trinajstić information content (AvgIpc) is 3.08. The number of carbonyl (C=O) groups is 2. The predicted octanol–water partition coefficient (Wildman–Crippen LogP) is 2.68. The summed E-state index contributed by atoms with van der Waals surface area (Å²) in [6.45, 7) is 1.42. The van der Waals surface area contributed by atoms with Crippen LogP contribution < -0.4 is 11.1 Å². The van der Waals surface area contributed by atoms with Crippen LogP contribution in [-0.2, 0) is 9.59 Å². The van der Waals surface area contributed by atoms with Crippen molar-refractivity contribution in [3.05, 3.63) is 66.2 Å². The molecule has 1 heterocycles. The maximum atomic E-state index is 13.2. The maximum absolute atomic E-state index is 13.2. The van der Waals surface area contributed by atoms with Gasteiger partial charge in [0.05, 0.1) is 5.69 Å². The Kier molecular flexibility index (Phi) is 5.51. The number of aromatic nitrogens is 3. The van der Waals surface area contributed by atoms with Crippen LogP contribution in [-0.4, -0.2) is 26.6 Å². The van der Waals surface area contributed by atoms with Crippen molar-refractivity contribution in [2.24, 2.45) is 5.73 Å². The average molecular weight is 385 g/mol. The van der Waals surface area contributed by atoms with Gasteiger partial charge in [0.2, 0.25) is 11.8 Å². The third-order valence-corrected chi connectivity index (χ3v) is 4.84. The van der Waals surface area contributed by atoms with Crippen LogP contribution in [0.4, 0.5) is 10.1 Å². The zero-order chi connectivity index (χ0) is 19.4. The van der Waals surface area contributed by atoms with Crippen LogP contribution in [0.1, 0.15) is 17.7 Å². The molecule has 0 fully saturated rings. The van der Waals surface area contributed by atoms with Crippen LogP contribution in [0.15, 0.2) is 60.0 Å². The van der Waals surface area contributed by atoms with Gasteiger partial charge in [-0.1, -0.05) is 30.0 Å². The molecule has 3 aromatic rings. The normalized spacial score (nSPS) is 11.8. The van der Waals surface area contributed by atoms with Crippen molar-refractivity contribution >= 4 is 29.3 Å². The SMILES string of the molecule is CC(=O)Nc1cccc(-n2cnnc2S[C@H](C(N)=O)c2ccc(F)cc2)c1. The van der Waals surface area contributed by atoms with Gasteiger partial charge in [-0.25, -0.2) is 4.39 Å². The molecule has 27 heavy (non-hydrogen) atoms. The second-order valence-electron chi connectivity index (χ2n) is 5.67. The monoisotopic (exact) mass is 385 g/mol. The van der Waals surface area contributed by atoms with Crippen LogP contribution in [0, 0.1) is 5.82 Å². The Bertz CT molecular complexity index is 974. The molecule has 9 heteroatoms. The van der Waals surface area contributed by atoms with Crippen molar-refractivity contribution < 1.29 is 14.0 Å². The molecule has 0 aliphatic carbocycles. The van der Waals surface area contributed by atoms with E-state index in [2.05, 4.69) is 15.5 Å². The summed E-state index contributed by atoms with van der Waals surface area (Å²) in [6, 6.07) is 12.7. The summed E-state index contributed by atoms with van der Waals surface area (Å²) in [4.78, 5) is 23.2. The van der Waals surface area contributed by atoms with Crippen molar-refractivity contribution in [3.8, 4) is 5.69 Å². The highest BCUT2D eigenvalue weighted by Crippen LogP contribution is 2.35. The van der Waals surface area contributed by atoms with Crippen LogP contribution in [0.25, 0.3) is 5.69 Å². The molecule has 0 unspecified atom stereocenters. The largest absolute Gasteiger partial charge is 0.368 e. The lowest BCUT2D eigenvalue weighted by Gasteiger charge is -2.14. The van der Waals surface area contributed by atoms with Crippen molar-refractivity contribution in [2.75, 3.05) is 5.32 Å². The number of benzene rings is 2. The van der Waals surface area contributed by atoms with E-state index in [0.29, 0.717) is 22.1 Å². The molecule has 3 rings (SSSR count). The molecule has 2 amide bonds. The zero-order valence-corrected chi connectivity index (χ0v) is 15.1. The molecule has 0 aliphatic heterocycles. The summed E-state index contributed by atoms with van der Waals surface area (Å²) >= 11 is 1.11. The van der Waals surface area contributed by atoms with Crippen molar-refractivity contribution in [1.29, 1.82) is 0 Å². The van der Waals surface area contributed by atoms with Gasteiger partial charge in [-0.3, -0.25) is 14.2 Å². The first-order valence-electron chi connectivity index (χ1n) is 7.93. The molecule has 0 spiro atoms. The van der Waals surface area contributed by atoms with Gasteiger partial charge in [0.1, 0.15) is 17.4 Å². The molecule has 0 aliphatic rings. The third kappa shape index (κ3) is 4.50. The van der Waals surface area contributed by atoms with Gasteiger partial charge in [-0.05, 0) is 35.9 Å². The smallest absolute Gasteiger partial charge is 0.235 e. The van der Waals surface area contributed by atoms with E-state index in [4.69, 9.17) is 5.73 Å². The summed E-state index contributed by atoms with van der Waals surface area (Å²) in [5.74, 6) is -1.16. The van der Waals surface area contributed by atoms with E-state index in [0.717, 1.165) is 11.8 Å². The number of nitrogens with one attached hydrogen (secondary N) is 1. The molecule has 1 aromatic heterocycles. The number of anilines is 1. The molecule has 0 saturated heterocycles. The highest BCUT2D eigenvalue weighted by Gasteiger charge is 2.23. The van der Waals surface area contributed by atoms with E-state index in [1.165, 1.54) is 37.5 Å². The molecular formula is C18H16FN5O2S. The third-order valence-electron chi connectivity index (χ3n) is 3.62. The molecule has 0 bridgehead atoms. The quantitative estimate of drug-likeness (QED) is 0.635. The number of carbonyl (C=O) groups excluding carboxylic acids is 2. The number of rotatable bonds is 6. The maximum Gasteiger partial charge on any atom is 0.235 e. The second kappa shape index (κ2) is 8.00. The summed E-state index contributed by atoms with van der Waals surface area (Å²) in [5, 5.41) is 10.3. The Morgan fingerprint density at radius 1 is 1.22 bits per heavy atom. The molecule has 1 atom stereocenters. The minimum absolute atomic E-state index is 0.185. The van der Waals surface area contributed by atoms with Gasteiger partial charge in [-0.2, -0.15) is 0 Å². The Hall–Kier alpha value is -3.20. The van der Waals surface area contributed by atoms with E-state index < -0.39 is 17.0 Å². The Labute approximate surface area is 158 Å². The summed E-state index contributed by atoms with van der Waals surface area (Å²) in [6.07, 6.45) is 1.50. The number of halogens is 1. The molecule has 0 saturated carbocycles. The highest BCUT2D eigenvalue weighted by atomic mass is 32.2. The zero-order valence-electron chi connectivity index (χ0n) is 14.3. The van der Waals surface area contributed by atoms with Gasteiger partial charge in [0.15, 0.2) is 5.16 Å². The van der Waals surface area contributed by atoms with E-state index in [9.17, 15) is 14.0 Å². The summed E-state index contributed by atoms with van der Waals surface area (Å²) < 4.78 is 14.8. The fraction of sp³-hybridized carbons (Fsp3) is 0.111. The molecule has 2 aromatic carbocycles. The Morgan fingerprint density at radius 2 is 1.96 bits per heavy atom. The fourth-order valence-corrected chi connectivity index (χ4v) is 3.43. The number of primary amides is 1. The lowest BCUT2D eigenvalue weighted by atomic mass is 10.1. The van der Waals surface area contributed by atoms with Gasteiger partial charge in [0, 0.05) is 12.6 Å². The number of thioether (sulfide) groups is 1. The molecular weight excluding hydrogens is 369 g/mol. The molecule has 7 nitrogen and oxygen atoms in total. The summed E-state index contributed by atoms with van der Waals surface area (Å²) in [5.41, 5.74) is 7.42. The van der Waals surface area contributed by atoms with E-state index in [1.807, 2.05) is 6.07 Å². The number of hydrogen-bond acceptors (Lipinski definition) is 5. The molecule has 138 valence electrons. The van der Waals surface area contributed by atoms with Crippen molar-refractivity contribution in [2.45, 2.75) is 17.3 Å².